The lowest BCUT2D eigenvalue weighted by Gasteiger charge is -2.31. The van der Waals surface area contributed by atoms with Gasteiger partial charge in [-0.25, -0.2) is 9.59 Å². The first-order valence-corrected chi connectivity index (χ1v) is 8.54. The number of aromatic nitrogens is 2. The zero-order chi connectivity index (χ0) is 19.9. The van der Waals surface area contributed by atoms with Crippen molar-refractivity contribution in [3.8, 4) is 0 Å². The molecule has 2 bridgehead atoms. The highest BCUT2D eigenvalue weighted by Gasteiger charge is 2.51. The number of hydrogen-bond acceptors (Lipinski definition) is 7. The zero-order valence-electron chi connectivity index (χ0n) is 16.0. The summed E-state index contributed by atoms with van der Waals surface area (Å²) >= 11 is 0. The SMILES string of the molecule is CN/C(=N\OCC(=O)OC(C)(C)C)[C@@H]1c2c(cnn2C)[C@@H]2CN1C(=O)N2O. The topological polar surface area (TPSA) is 122 Å². The number of amidine groups is 1. The molecular formula is C16H24N6O5. The molecule has 1 aromatic heterocycles. The van der Waals surface area contributed by atoms with Crippen LogP contribution in [0.25, 0.3) is 0 Å². The first-order chi connectivity index (χ1) is 12.6. The summed E-state index contributed by atoms with van der Waals surface area (Å²) in [5, 5.41) is 22.0. The zero-order valence-corrected chi connectivity index (χ0v) is 16.0. The number of likely N-dealkylation sites (N-methyl/N-ethyl adjacent to an activating group) is 1. The molecule has 0 saturated carbocycles. The molecule has 0 aliphatic carbocycles. The van der Waals surface area contributed by atoms with Gasteiger partial charge in [-0.05, 0) is 20.8 Å². The molecule has 0 aromatic carbocycles. The van der Waals surface area contributed by atoms with Crippen LogP contribution in [-0.2, 0) is 21.4 Å². The Balaban J connectivity index is 1.83. The highest BCUT2D eigenvalue weighted by atomic mass is 16.7. The molecule has 1 aromatic rings. The second-order valence-corrected chi connectivity index (χ2v) is 7.39. The van der Waals surface area contributed by atoms with Crippen molar-refractivity contribution >= 4 is 17.8 Å². The maximum Gasteiger partial charge on any atom is 0.347 e. The van der Waals surface area contributed by atoms with Crippen LogP contribution in [0.15, 0.2) is 11.4 Å². The lowest BCUT2D eigenvalue weighted by molar-refractivity contribution is -0.160. The number of nitrogens with one attached hydrogen (secondary N) is 1. The quantitative estimate of drug-likeness (QED) is 0.257. The van der Waals surface area contributed by atoms with Gasteiger partial charge in [0.05, 0.1) is 18.4 Å². The van der Waals surface area contributed by atoms with E-state index in [0.29, 0.717) is 23.1 Å². The number of aryl methyl sites for hydroxylation is 1. The third-order valence-corrected chi connectivity index (χ3v) is 4.33. The first-order valence-electron chi connectivity index (χ1n) is 8.54. The van der Waals surface area contributed by atoms with Crippen molar-refractivity contribution in [2.45, 2.75) is 38.5 Å². The molecule has 0 radical (unpaired) electrons. The summed E-state index contributed by atoms with van der Waals surface area (Å²) in [6, 6.07) is -1.63. The van der Waals surface area contributed by atoms with Gasteiger partial charge in [-0.3, -0.25) is 9.89 Å². The highest BCUT2D eigenvalue weighted by molar-refractivity contribution is 5.93. The van der Waals surface area contributed by atoms with E-state index in [1.165, 1.54) is 4.90 Å². The van der Waals surface area contributed by atoms with Crippen molar-refractivity contribution in [1.29, 1.82) is 0 Å². The average Bonchev–Trinajstić information content (AvgIpc) is 3.07. The Morgan fingerprint density at radius 3 is 2.81 bits per heavy atom. The number of nitrogens with zero attached hydrogens (tertiary/aromatic N) is 5. The number of ether oxygens (including phenoxy) is 1. The van der Waals surface area contributed by atoms with Crippen LogP contribution in [0.2, 0.25) is 0 Å². The smallest absolute Gasteiger partial charge is 0.347 e. The predicted molar refractivity (Wildman–Crippen MR) is 92.7 cm³/mol. The van der Waals surface area contributed by atoms with Gasteiger partial charge < -0.3 is 19.8 Å². The molecule has 11 nitrogen and oxygen atoms in total. The van der Waals surface area contributed by atoms with Gasteiger partial charge in [0.1, 0.15) is 17.7 Å². The Hall–Kier alpha value is -2.82. The van der Waals surface area contributed by atoms with E-state index in [9.17, 15) is 14.8 Å². The van der Waals surface area contributed by atoms with Gasteiger partial charge in [0, 0.05) is 19.7 Å². The first kappa shape index (κ1) is 19.0. The summed E-state index contributed by atoms with van der Waals surface area (Å²) in [7, 11) is 3.38. The monoisotopic (exact) mass is 380 g/mol. The summed E-state index contributed by atoms with van der Waals surface area (Å²) in [5.74, 6) is -0.240. The molecule has 1 fully saturated rings. The Morgan fingerprint density at radius 1 is 1.48 bits per heavy atom. The molecule has 2 aliphatic rings. The molecular weight excluding hydrogens is 356 g/mol. The molecule has 11 heteroatoms. The minimum Gasteiger partial charge on any atom is -0.457 e. The number of esters is 1. The van der Waals surface area contributed by atoms with Gasteiger partial charge >= 0.3 is 12.0 Å². The fourth-order valence-corrected chi connectivity index (χ4v) is 3.29. The maximum absolute atomic E-state index is 12.4. The summed E-state index contributed by atoms with van der Waals surface area (Å²) < 4.78 is 6.80. The summed E-state index contributed by atoms with van der Waals surface area (Å²) in [6.45, 7) is 5.21. The minimum absolute atomic E-state index is 0.297. The molecule has 27 heavy (non-hydrogen) atoms. The number of carbonyl (C=O) groups excluding carboxylic acids is 2. The van der Waals surface area contributed by atoms with Crippen LogP contribution in [0.1, 0.15) is 44.1 Å². The molecule has 3 heterocycles. The summed E-state index contributed by atoms with van der Waals surface area (Å²) in [6.07, 6.45) is 1.63. The molecule has 2 aliphatic heterocycles. The van der Waals surface area contributed by atoms with Crippen LogP contribution in [0, 0.1) is 0 Å². The second kappa shape index (κ2) is 6.72. The fraction of sp³-hybridized carbons (Fsp3) is 0.625. The third kappa shape index (κ3) is 3.42. The van der Waals surface area contributed by atoms with Gasteiger partial charge in [-0.1, -0.05) is 5.16 Å². The third-order valence-electron chi connectivity index (χ3n) is 4.33. The highest BCUT2D eigenvalue weighted by Crippen LogP contribution is 2.42. The number of oxime groups is 1. The molecule has 148 valence electrons. The summed E-state index contributed by atoms with van der Waals surface area (Å²) in [5.41, 5.74) is 0.831. The van der Waals surface area contributed by atoms with Crippen molar-refractivity contribution < 1.29 is 24.4 Å². The number of urea groups is 1. The number of hydroxylamine groups is 2. The van der Waals surface area contributed by atoms with E-state index < -0.39 is 29.7 Å². The lowest BCUT2D eigenvalue weighted by atomic mass is 9.97. The van der Waals surface area contributed by atoms with Crippen molar-refractivity contribution in [2.24, 2.45) is 12.2 Å². The molecule has 0 unspecified atom stereocenters. The molecule has 2 N–H and O–H groups in total. The Bertz CT molecular complexity index is 783. The largest absolute Gasteiger partial charge is 0.457 e. The van der Waals surface area contributed by atoms with Crippen LogP contribution in [0.3, 0.4) is 0 Å². The predicted octanol–water partition coefficient (Wildman–Crippen LogP) is 0.534. The van der Waals surface area contributed by atoms with Crippen LogP contribution in [-0.4, -0.2) is 68.6 Å². The van der Waals surface area contributed by atoms with Crippen molar-refractivity contribution in [1.82, 2.24) is 25.1 Å². The van der Waals surface area contributed by atoms with E-state index in [0.717, 1.165) is 5.56 Å². The number of fused-ring (bicyclic) bond motifs is 4. The Labute approximate surface area is 156 Å². The van der Waals surface area contributed by atoms with Gasteiger partial charge in [-0.15, -0.1) is 0 Å². The fourth-order valence-electron chi connectivity index (χ4n) is 3.29. The second-order valence-electron chi connectivity index (χ2n) is 7.39. The normalized spacial score (nSPS) is 22.0. The molecule has 0 spiro atoms. The van der Waals surface area contributed by atoms with Crippen molar-refractivity contribution in [2.75, 3.05) is 20.2 Å². The van der Waals surface area contributed by atoms with Crippen LogP contribution in [0.4, 0.5) is 4.79 Å². The number of hydrogen-bond donors (Lipinski definition) is 2. The number of amides is 2. The van der Waals surface area contributed by atoms with Crippen molar-refractivity contribution in [3.63, 3.8) is 0 Å². The molecule has 2 atom stereocenters. The number of carbonyl (C=O) groups is 2. The van der Waals surface area contributed by atoms with E-state index in [-0.39, 0.29) is 6.61 Å². The molecule has 3 rings (SSSR count). The van der Waals surface area contributed by atoms with Crippen LogP contribution < -0.4 is 5.32 Å². The van der Waals surface area contributed by atoms with Gasteiger partial charge in [0.15, 0.2) is 5.84 Å². The Morgan fingerprint density at radius 2 is 2.19 bits per heavy atom. The van der Waals surface area contributed by atoms with E-state index in [4.69, 9.17) is 9.57 Å². The van der Waals surface area contributed by atoms with Gasteiger partial charge in [-0.2, -0.15) is 10.2 Å². The van der Waals surface area contributed by atoms with E-state index in [2.05, 4.69) is 15.6 Å². The van der Waals surface area contributed by atoms with E-state index in [1.54, 1.807) is 45.7 Å². The Kier molecular flexibility index (Phi) is 4.72. The van der Waals surface area contributed by atoms with Gasteiger partial charge in [0.2, 0.25) is 6.61 Å². The van der Waals surface area contributed by atoms with Crippen LogP contribution in [0.5, 0.6) is 0 Å². The summed E-state index contributed by atoms with van der Waals surface area (Å²) in [4.78, 5) is 30.8. The van der Waals surface area contributed by atoms with Gasteiger partial charge in [0.25, 0.3) is 0 Å². The average molecular weight is 380 g/mol. The molecule has 2 amide bonds. The molecule has 1 saturated heterocycles. The van der Waals surface area contributed by atoms with Crippen LogP contribution >= 0.6 is 0 Å². The number of rotatable bonds is 4. The maximum atomic E-state index is 12.4. The minimum atomic E-state index is -0.628. The lowest BCUT2D eigenvalue weighted by Crippen LogP contribution is -2.43. The standard InChI is InChI=1S/C16H24N6O5/c1-16(2,3)27-11(23)8-26-19-14(17-4)13-12-9(6-18-20(12)5)10-7-21(13)15(24)22(10)25/h6,10,13,25H,7-8H2,1-5H3,(H,17,19)/t10-,13-/m0/s1. The van der Waals surface area contributed by atoms with Crippen molar-refractivity contribution in [3.05, 3.63) is 17.5 Å². The van der Waals surface area contributed by atoms with E-state index in [1.807, 2.05) is 0 Å². The van der Waals surface area contributed by atoms with E-state index >= 15 is 0 Å².